The van der Waals surface area contributed by atoms with Crippen LogP contribution in [-0.2, 0) is 17.8 Å². The Morgan fingerprint density at radius 2 is 2.39 bits per heavy atom. The van der Waals surface area contributed by atoms with Gasteiger partial charge in [0.2, 0.25) is 0 Å². The molecule has 2 rings (SSSR count). The number of ether oxygens (including phenoxy) is 1. The van der Waals surface area contributed by atoms with Gasteiger partial charge >= 0.3 is 6.09 Å². The number of unbranched alkanes of at least 4 members (excludes halogenated alkanes) is 1. The molecule has 0 fully saturated rings. The first-order valence-electron chi connectivity index (χ1n) is 6.17. The van der Waals surface area contributed by atoms with Crippen LogP contribution in [0.5, 0.6) is 0 Å². The molecular formula is C12H17N3O3. The minimum absolute atomic E-state index is 0.312. The molecule has 0 aliphatic carbocycles. The van der Waals surface area contributed by atoms with Gasteiger partial charge in [0.1, 0.15) is 0 Å². The first kappa shape index (κ1) is 12.6. The van der Waals surface area contributed by atoms with Crippen LogP contribution in [0.4, 0.5) is 4.79 Å². The van der Waals surface area contributed by atoms with E-state index in [0.717, 1.165) is 24.8 Å². The van der Waals surface area contributed by atoms with E-state index in [2.05, 4.69) is 5.10 Å². The lowest BCUT2D eigenvalue weighted by Crippen LogP contribution is -2.39. The monoisotopic (exact) mass is 251 g/mol. The summed E-state index contributed by atoms with van der Waals surface area (Å²) in [6, 6.07) is 0. The van der Waals surface area contributed by atoms with Crippen molar-refractivity contribution >= 4 is 12.4 Å². The number of amides is 1. The van der Waals surface area contributed by atoms with E-state index in [0.29, 0.717) is 31.8 Å². The van der Waals surface area contributed by atoms with E-state index in [-0.39, 0.29) is 6.09 Å². The average molecular weight is 251 g/mol. The lowest BCUT2D eigenvalue weighted by atomic mass is 10.2. The fraction of sp³-hybridized carbons (Fsp3) is 0.583. The highest BCUT2D eigenvalue weighted by molar-refractivity contribution is 5.76. The molecule has 1 aliphatic rings. The fourth-order valence-corrected chi connectivity index (χ4v) is 1.92. The van der Waals surface area contributed by atoms with Gasteiger partial charge in [-0.1, -0.05) is 13.3 Å². The predicted molar refractivity (Wildman–Crippen MR) is 64.3 cm³/mol. The Bertz CT molecular complexity index is 442. The number of carbonyl (C=O) groups excluding carboxylic acids is 2. The van der Waals surface area contributed by atoms with Crippen molar-refractivity contribution in [2.24, 2.45) is 0 Å². The van der Waals surface area contributed by atoms with E-state index in [4.69, 9.17) is 4.74 Å². The Morgan fingerprint density at radius 1 is 1.56 bits per heavy atom. The molecule has 1 aromatic heterocycles. The fourth-order valence-electron chi connectivity index (χ4n) is 1.92. The second kappa shape index (κ2) is 5.66. The lowest BCUT2D eigenvalue weighted by molar-refractivity contribution is 0.0898. The van der Waals surface area contributed by atoms with Crippen LogP contribution in [0.3, 0.4) is 0 Å². The molecule has 0 unspecified atom stereocenters. The predicted octanol–water partition coefficient (Wildman–Crippen LogP) is 1.45. The average Bonchev–Trinajstić information content (AvgIpc) is 2.80. The van der Waals surface area contributed by atoms with Crippen LogP contribution in [0.25, 0.3) is 0 Å². The molecule has 0 spiro atoms. The summed E-state index contributed by atoms with van der Waals surface area (Å²) in [5, 5.41) is 4.10. The second-order valence-electron chi connectivity index (χ2n) is 4.28. The minimum Gasteiger partial charge on any atom is -0.449 e. The van der Waals surface area contributed by atoms with Crippen molar-refractivity contribution < 1.29 is 14.3 Å². The third-order valence-electron chi connectivity index (χ3n) is 3.01. The molecule has 2 heterocycles. The zero-order valence-electron chi connectivity index (χ0n) is 10.5. The van der Waals surface area contributed by atoms with Gasteiger partial charge < -0.3 is 9.64 Å². The molecule has 1 amide bonds. The van der Waals surface area contributed by atoms with Crippen molar-refractivity contribution in [1.29, 1.82) is 0 Å². The van der Waals surface area contributed by atoms with Crippen LogP contribution < -0.4 is 0 Å². The topological polar surface area (TPSA) is 64.4 Å². The van der Waals surface area contributed by atoms with Crippen LogP contribution in [0.2, 0.25) is 0 Å². The summed E-state index contributed by atoms with van der Waals surface area (Å²) in [7, 11) is 0. The Balaban J connectivity index is 1.98. The first-order chi connectivity index (χ1) is 8.76. The van der Waals surface area contributed by atoms with E-state index in [9.17, 15) is 9.59 Å². The molecule has 1 aromatic rings. The Hall–Kier alpha value is -1.85. The summed E-state index contributed by atoms with van der Waals surface area (Å²) in [4.78, 5) is 24.2. The maximum Gasteiger partial charge on any atom is 0.410 e. The van der Waals surface area contributed by atoms with Crippen molar-refractivity contribution in [3.8, 4) is 0 Å². The normalized spacial score (nSPS) is 14.2. The van der Waals surface area contributed by atoms with E-state index < -0.39 is 0 Å². The molecule has 6 nitrogen and oxygen atoms in total. The van der Waals surface area contributed by atoms with Crippen molar-refractivity contribution in [3.63, 3.8) is 0 Å². The first-order valence-corrected chi connectivity index (χ1v) is 6.17. The molecule has 0 aromatic carbocycles. The van der Waals surface area contributed by atoms with Crippen molar-refractivity contribution in [2.75, 3.05) is 13.2 Å². The van der Waals surface area contributed by atoms with E-state index in [1.54, 1.807) is 9.58 Å². The molecule has 0 atom stereocenters. The maximum absolute atomic E-state index is 11.8. The largest absolute Gasteiger partial charge is 0.449 e. The van der Waals surface area contributed by atoms with Gasteiger partial charge in [-0.05, 0) is 6.42 Å². The molecule has 0 saturated heterocycles. The maximum atomic E-state index is 11.8. The van der Waals surface area contributed by atoms with Gasteiger partial charge in [0, 0.05) is 6.54 Å². The third-order valence-corrected chi connectivity index (χ3v) is 3.01. The zero-order chi connectivity index (χ0) is 13.0. The van der Waals surface area contributed by atoms with Gasteiger partial charge in [-0.3, -0.25) is 9.48 Å². The summed E-state index contributed by atoms with van der Waals surface area (Å²) in [5.41, 5.74) is 1.32. The summed E-state index contributed by atoms with van der Waals surface area (Å²) in [6.45, 7) is 4.05. The van der Waals surface area contributed by atoms with E-state index >= 15 is 0 Å². The molecule has 6 heteroatoms. The van der Waals surface area contributed by atoms with E-state index in [1.807, 2.05) is 6.92 Å². The quantitative estimate of drug-likeness (QED) is 0.600. The van der Waals surface area contributed by atoms with Crippen LogP contribution in [0.15, 0.2) is 6.20 Å². The SMILES string of the molecule is CCCCOC(=O)N1CCn2ncc(C=O)c2C1. The Kier molecular flexibility index (Phi) is 3.96. The van der Waals surface area contributed by atoms with Gasteiger partial charge in [-0.15, -0.1) is 0 Å². The summed E-state index contributed by atoms with van der Waals surface area (Å²) < 4.78 is 6.92. The van der Waals surface area contributed by atoms with Gasteiger partial charge in [-0.2, -0.15) is 5.10 Å². The number of nitrogens with zero attached hydrogens (tertiary/aromatic N) is 3. The number of fused-ring (bicyclic) bond motifs is 1. The van der Waals surface area contributed by atoms with Crippen LogP contribution in [0.1, 0.15) is 35.8 Å². The zero-order valence-corrected chi connectivity index (χ0v) is 10.5. The molecule has 0 saturated carbocycles. The van der Waals surface area contributed by atoms with Gasteiger partial charge in [0.15, 0.2) is 6.29 Å². The number of hydrogen-bond donors (Lipinski definition) is 0. The minimum atomic E-state index is -0.312. The molecular weight excluding hydrogens is 234 g/mol. The van der Waals surface area contributed by atoms with Crippen molar-refractivity contribution in [1.82, 2.24) is 14.7 Å². The second-order valence-corrected chi connectivity index (χ2v) is 4.28. The highest BCUT2D eigenvalue weighted by atomic mass is 16.6. The number of rotatable bonds is 4. The number of hydrogen-bond acceptors (Lipinski definition) is 4. The summed E-state index contributed by atoms with van der Waals surface area (Å²) >= 11 is 0. The standard InChI is InChI=1S/C12H17N3O3/c1-2-3-6-18-12(17)14-4-5-15-11(8-14)10(9-16)7-13-15/h7,9H,2-6,8H2,1H3. The number of aldehydes is 1. The molecule has 1 aliphatic heterocycles. The molecule has 0 radical (unpaired) electrons. The van der Waals surface area contributed by atoms with Crippen LogP contribution in [0, 0.1) is 0 Å². The third kappa shape index (κ3) is 2.52. The molecule has 0 bridgehead atoms. The van der Waals surface area contributed by atoms with Crippen LogP contribution >= 0.6 is 0 Å². The van der Waals surface area contributed by atoms with Gasteiger partial charge in [0.25, 0.3) is 0 Å². The summed E-state index contributed by atoms with van der Waals surface area (Å²) in [5.74, 6) is 0. The van der Waals surface area contributed by atoms with E-state index in [1.165, 1.54) is 6.20 Å². The number of aromatic nitrogens is 2. The smallest absolute Gasteiger partial charge is 0.410 e. The van der Waals surface area contributed by atoms with Crippen molar-refractivity contribution in [3.05, 3.63) is 17.5 Å². The highest BCUT2D eigenvalue weighted by Gasteiger charge is 2.24. The molecule has 98 valence electrons. The Morgan fingerprint density at radius 3 is 3.11 bits per heavy atom. The molecule has 18 heavy (non-hydrogen) atoms. The molecule has 0 N–H and O–H groups in total. The number of carbonyl (C=O) groups is 2. The summed E-state index contributed by atoms with van der Waals surface area (Å²) in [6.07, 6.45) is 3.86. The lowest BCUT2D eigenvalue weighted by Gasteiger charge is -2.27. The van der Waals surface area contributed by atoms with Gasteiger partial charge in [-0.25, -0.2) is 4.79 Å². The van der Waals surface area contributed by atoms with Gasteiger partial charge in [0.05, 0.1) is 37.2 Å². The Labute approximate surface area is 106 Å². The van der Waals surface area contributed by atoms with Crippen molar-refractivity contribution in [2.45, 2.75) is 32.9 Å². The highest BCUT2D eigenvalue weighted by Crippen LogP contribution is 2.15. The van der Waals surface area contributed by atoms with Crippen LogP contribution in [-0.4, -0.2) is 40.2 Å².